The molecule has 8 rings (SSSR count). The van der Waals surface area contributed by atoms with Crippen molar-refractivity contribution in [2.75, 3.05) is 7.11 Å². The Bertz CT molecular complexity index is 2390. The number of tetrazole rings is 1. The minimum absolute atomic E-state index is 0.407. The van der Waals surface area contributed by atoms with Crippen molar-refractivity contribution in [3.05, 3.63) is 203 Å². The second kappa shape index (κ2) is 15.0. The Kier molecular flexibility index (Phi) is 9.52. The Labute approximate surface area is 315 Å². The van der Waals surface area contributed by atoms with E-state index in [-0.39, 0.29) is 0 Å². The molecular weight excluding hydrogens is 667 g/mol. The molecule has 2 heterocycles. The second-order valence-corrected chi connectivity index (χ2v) is 13.2. The molecular formula is C47H39N5O2. The third-order valence-electron chi connectivity index (χ3n) is 9.79. The molecule has 7 heteroatoms. The van der Waals surface area contributed by atoms with E-state index in [0.29, 0.717) is 12.4 Å². The highest BCUT2D eigenvalue weighted by molar-refractivity contribution is 5.80. The van der Waals surface area contributed by atoms with Crippen molar-refractivity contribution in [1.29, 1.82) is 0 Å². The first-order valence-corrected chi connectivity index (χ1v) is 18.0. The van der Waals surface area contributed by atoms with Gasteiger partial charge in [0.25, 0.3) is 0 Å². The summed E-state index contributed by atoms with van der Waals surface area (Å²) in [5.41, 5.74) is 10.1. The summed E-state index contributed by atoms with van der Waals surface area (Å²) >= 11 is 0. The van der Waals surface area contributed by atoms with Gasteiger partial charge >= 0.3 is 0 Å². The Hall–Kier alpha value is -6.86. The number of hydrogen-bond acceptors (Lipinski definition) is 6. The van der Waals surface area contributed by atoms with Crippen LogP contribution in [0, 0.1) is 13.8 Å². The van der Waals surface area contributed by atoms with E-state index in [1.807, 2.05) is 74.5 Å². The van der Waals surface area contributed by atoms with Crippen LogP contribution < -0.4 is 9.47 Å². The lowest BCUT2D eigenvalue weighted by Crippen LogP contribution is -2.39. The van der Waals surface area contributed by atoms with E-state index in [4.69, 9.17) is 29.9 Å². The van der Waals surface area contributed by atoms with Crippen LogP contribution >= 0.6 is 0 Å². The second-order valence-electron chi connectivity index (χ2n) is 13.2. The molecule has 0 bridgehead atoms. The van der Waals surface area contributed by atoms with Crippen molar-refractivity contribution >= 4 is 0 Å². The van der Waals surface area contributed by atoms with Crippen LogP contribution in [0.3, 0.4) is 0 Å². The standard InChI is InChI=1S/C47H39N5O2/c1-33-31-44(45(34(2)48-33)37-27-29-41(53-3)30-28-37)54-32-35-23-25-36(26-24-35)42-21-13-14-22-43(42)46-49-51-52(50-46)47(38-15-7-4-8-16-38,39-17-9-5-10-18-39)40-19-11-6-12-20-40/h4-31H,32H2,1-3H3. The van der Waals surface area contributed by atoms with Gasteiger partial charge in [0.05, 0.1) is 7.11 Å². The van der Waals surface area contributed by atoms with Crippen molar-refractivity contribution in [2.24, 2.45) is 0 Å². The molecule has 0 aliphatic rings. The van der Waals surface area contributed by atoms with Crippen LogP contribution in [-0.4, -0.2) is 32.3 Å². The van der Waals surface area contributed by atoms with Crippen LogP contribution in [0.25, 0.3) is 33.6 Å². The zero-order valence-corrected chi connectivity index (χ0v) is 30.4. The number of pyridine rings is 1. The molecule has 0 saturated heterocycles. The van der Waals surface area contributed by atoms with Gasteiger partial charge in [-0.15, -0.1) is 15.0 Å². The topological polar surface area (TPSA) is 75.0 Å². The largest absolute Gasteiger partial charge is 0.497 e. The summed E-state index contributed by atoms with van der Waals surface area (Å²) in [4.78, 5) is 6.49. The van der Waals surface area contributed by atoms with Gasteiger partial charge in [0.1, 0.15) is 18.1 Å². The summed E-state index contributed by atoms with van der Waals surface area (Å²) in [7, 11) is 1.67. The molecule has 0 aliphatic carbocycles. The SMILES string of the molecule is COc1ccc(-c2c(OCc3ccc(-c4ccccc4-c4nnn(C(c5ccccc5)(c5ccccc5)c5ccccc5)n4)cc3)cc(C)nc2C)cc1. The Morgan fingerprint density at radius 2 is 1.13 bits per heavy atom. The normalized spacial score (nSPS) is 11.3. The molecule has 6 aromatic carbocycles. The minimum atomic E-state index is -0.856. The van der Waals surface area contributed by atoms with E-state index in [2.05, 4.69) is 109 Å². The zero-order chi connectivity index (χ0) is 36.9. The summed E-state index contributed by atoms with van der Waals surface area (Å²) in [5, 5.41) is 14.7. The van der Waals surface area contributed by atoms with Crippen molar-refractivity contribution in [3.63, 3.8) is 0 Å². The summed E-state index contributed by atoms with van der Waals surface area (Å²) in [6, 6.07) is 57.8. The van der Waals surface area contributed by atoms with Gasteiger partial charge in [-0.05, 0) is 70.1 Å². The maximum Gasteiger partial charge on any atom is 0.205 e. The molecule has 2 aromatic heterocycles. The van der Waals surface area contributed by atoms with Crippen molar-refractivity contribution in [2.45, 2.75) is 26.0 Å². The number of nitrogens with zero attached hydrogens (tertiary/aromatic N) is 5. The van der Waals surface area contributed by atoms with Gasteiger partial charge in [-0.2, -0.15) is 0 Å². The Morgan fingerprint density at radius 3 is 1.70 bits per heavy atom. The number of methoxy groups -OCH3 is 1. The van der Waals surface area contributed by atoms with Gasteiger partial charge in [-0.1, -0.05) is 152 Å². The fourth-order valence-corrected chi connectivity index (χ4v) is 7.24. The van der Waals surface area contributed by atoms with E-state index < -0.39 is 5.54 Å². The molecule has 0 radical (unpaired) electrons. The van der Waals surface area contributed by atoms with Crippen LogP contribution in [-0.2, 0) is 12.1 Å². The third kappa shape index (κ3) is 6.52. The van der Waals surface area contributed by atoms with Gasteiger partial charge in [0.15, 0.2) is 5.54 Å². The van der Waals surface area contributed by atoms with E-state index in [0.717, 1.165) is 73.0 Å². The average Bonchev–Trinajstić information content (AvgIpc) is 3.72. The van der Waals surface area contributed by atoms with Crippen LogP contribution in [0.1, 0.15) is 33.6 Å². The first-order valence-electron chi connectivity index (χ1n) is 18.0. The number of aromatic nitrogens is 5. The van der Waals surface area contributed by atoms with E-state index >= 15 is 0 Å². The molecule has 8 aromatic rings. The predicted molar refractivity (Wildman–Crippen MR) is 213 cm³/mol. The maximum atomic E-state index is 6.48. The first kappa shape index (κ1) is 34.2. The Morgan fingerprint density at radius 1 is 0.593 bits per heavy atom. The zero-order valence-electron chi connectivity index (χ0n) is 30.4. The maximum absolute atomic E-state index is 6.48. The van der Waals surface area contributed by atoms with Crippen molar-refractivity contribution in [3.8, 4) is 45.1 Å². The van der Waals surface area contributed by atoms with Crippen LogP contribution in [0.5, 0.6) is 11.5 Å². The molecule has 264 valence electrons. The quantitative estimate of drug-likeness (QED) is 0.125. The fraction of sp³-hybridized carbons (Fsp3) is 0.106. The molecule has 54 heavy (non-hydrogen) atoms. The molecule has 0 unspecified atom stereocenters. The Balaban J connectivity index is 1.12. The lowest BCUT2D eigenvalue weighted by atomic mass is 9.77. The highest BCUT2D eigenvalue weighted by Crippen LogP contribution is 2.41. The molecule has 0 saturated carbocycles. The molecule has 0 N–H and O–H groups in total. The van der Waals surface area contributed by atoms with Gasteiger partial charge in [-0.25, -0.2) is 0 Å². The van der Waals surface area contributed by atoms with E-state index in [1.54, 1.807) is 11.9 Å². The average molecular weight is 706 g/mol. The van der Waals surface area contributed by atoms with E-state index in [9.17, 15) is 0 Å². The molecule has 0 amide bonds. The van der Waals surface area contributed by atoms with Gasteiger partial charge in [0, 0.05) is 28.6 Å². The molecule has 0 fully saturated rings. The highest BCUT2D eigenvalue weighted by Gasteiger charge is 2.41. The number of hydrogen-bond donors (Lipinski definition) is 0. The lowest BCUT2D eigenvalue weighted by molar-refractivity contribution is 0.307. The first-order chi connectivity index (χ1) is 26.5. The molecule has 0 spiro atoms. The lowest BCUT2D eigenvalue weighted by Gasteiger charge is -2.34. The predicted octanol–water partition coefficient (Wildman–Crippen LogP) is 10.1. The van der Waals surface area contributed by atoms with Gasteiger partial charge < -0.3 is 9.47 Å². The summed E-state index contributed by atoms with van der Waals surface area (Å²) < 4.78 is 11.8. The number of ether oxygens (including phenoxy) is 2. The molecule has 0 aliphatic heterocycles. The smallest absolute Gasteiger partial charge is 0.205 e. The fourth-order valence-electron chi connectivity index (χ4n) is 7.24. The highest BCUT2D eigenvalue weighted by atomic mass is 16.5. The van der Waals surface area contributed by atoms with Crippen LogP contribution in [0.15, 0.2) is 170 Å². The van der Waals surface area contributed by atoms with Crippen LogP contribution in [0.4, 0.5) is 0 Å². The van der Waals surface area contributed by atoms with Crippen molar-refractivity contribution < 1.29 is 9.47 Å². The summed E-state index contributed by atoms with van der Waals surface area (Å²) in [5.74, 6) is 2.15. The van der Waals surface area contributed by atoms with Gasteiger partial charge in [-0.3, -0.25) is 4.98 Å². The number of rotatable bonds is 11. The molecule has 0 atom stereocenters. The third-order valence-corrected chi connectivity index (χ3v) is 9.79. The monoisotopic (exact) mass is 705 g/mol. The summed E-state index contributed by atoms with van der Waals surface area (Å²) in [6.07, 6.45) is 0. The van der Waals surface area contributed by atoms with Crippen molar-refractivity contribution in [1.82, 2.24) is 25.2 Å². The van der Waals surface area contributed by atoms with E-state index in [1.165, 1.54) is 0 Å². The number of benzene rings is 6. The summed E-state index contributed by atoms with van der Waals surface area (Å²) in [6.45, 7) is 4.41. The number of aryl methyl sites for hydroxylation is 2. The van der Waals surface area contributed by atoms with Gasteiger partial charge in [0.2, 0.25) is 5.82 Å². The molecule has 7 nitrogen and oxygen atoms in total. The minimum Gasteiger partial charge on any atom is -0.497 e. The van der Waals surface area contributed by atoms with Crippen LogP contribution in [0.2, 0.25) is 0 Å².